The van der Waals surface area contributed by atoms with Gasteiger partial charge in [0.2, 0.25) is 0 Å². The standard InChI is InChI=1S/C6H6N2S/c7-4-1-5-6(2-4)9-3-8-5/h2-3H,1,7H2. The van der Waals surface area contributed by atoms with Gasteiger partial charge in [-0.2, -0.15) is 0 Å². The molecular weight excluding hydrogens is 132 g/mol. The smallest absolute Gasteiger partial charge is 0.0801 e. The Hall–Kier alpha value is -0.830. The topological polar surface area (TPSA) is 38.9 Å². The van der Waals surface area contributed by atoms with Gasteiger partial charge in [0.1, 0.15) is 0 Å². The van der Waals surface area contributed by atoms with Crippen molar-refractivity contribution in [3.63, 3.8) is 0 Å². The fourth-order valence-electron chi connectivity index (χ4n) is 0.941. The predicted molar refractivity (Wildman–Crippen MR) is 38.0 cm³/mol. The summed E-state index contributed by atoms with van der Waals surface area (Å²) in [6, 6.07) is 0. The van der Waals surface area contributed by atoms with Crippen molar-refractivity contribution in [3.8, 4) is 0 Å². The predicted octanol–water partition coefficient (Wildman–Crippen LogP) is 0.999. The van der Waals surface area contributed by atoms with E-state index in [9.17, 15) is 0 Å². The van der Waals surface area contributed by atoms with Crippen LogP contribution >= 0.6 is 11.3 Å². The molecule has 2 rings (SSSR count). The monoisotopic (exact) mass is 138 g/mol. The quantitative estimate of drug-likeness (QED) is 0.581. The van der Waals surface area contributed by atoms with Crippen LogP contribution in [0.4, 0.5) is 0 Å². The van der Waals surface area contributed by atoms with Gasteiger partial charge in [0, 0.05) is 12.1 Å². The van der Waals surface area contributed by atoms with Crippen molar-refractivity contribution in [1.29, 1.82) is 0 Å². The summed E-state index contributed by atoms with van der Waals surface area (Å²) < 4.78 is 0. The molecule has 0 saturated carbocycles. The minimum Gasteiger partial charge on any atom is -0.402 e. The van der Waals surface area contributed by atoms with Crippen molar-refractivity contribution >= 4 is 17.4 Å². The van der Waals surface area contributed by atoms with Crippen molar-refractivity contribution in [2.75, 3.05) is 0 Å². The molecule has 1 heterocycles. The number of allylic oxidation sites excluding steroid dienone is 1. The third-order valence-electron chi connectivity index (χ3n) is 1.36. The van der Waals surface area contributed by atoms with Crippen molar-refractivity contribution in [2.45, 2.75) is 6.42 Å². The molecular formula is C6H6N2S. The maximum absolute atomic E-state index is 5.56. The van der Waals surface area contributed by atoms with Gasteiger partial charge in [-0.3, -0.25) is 0 Å². The Kier molecular flexibility index (Phi) is 0.873. The van der Waals surface area contributed by atoms with Crippen molar-refractivity contribution in [3.05, 3.63) is 21.8 Å². The van der Waals surface area contributed by atoms with Crippen LogP contribution in [0.2, 0.25) is 0 Å². The van der Waals surface area contributed by atoms with Gasteiger partial charge in [-0.05, 0) is 6.08 Å². The lowest BCUT2D eigenvalue weighted by molar-refractivity contribution is 1.09. The van der Waals surface area contributed by atoms with E-state index >= 15 is 0 Å². The number of fused-ring (bicyclic) bond motifs is 1. The number of nitrogens with zero attached hydrogens (tertiary/aromatic N) is 1. The molecule has 1 aliphatic carbocycles. The lowest BCUT2D eigenvalue weighted by Crippen LogP contribution is -1.95. The maximum atomic E-state index is 5.56. The summed E-state index contributed by atoms with van der Waals surface area (Å²) in [6.07, 6.45) is 2.84. The molecule has 1 aliphatic rings. The van der Waals surface area contributed by atoms with Gasteiger partial charge in [-0.15, -0.1) is 11.3 Å². The van der Waals surface area contributed by atoms with Gasteiger partial charge in [0.05, 0.1) is 16.1 Å². The fourth-order valence-corrected chi connectivity index (χ4v) is 1.72. The molecule has 0 saturated heterocycles. The third-order valence-corrected chi connectivity index (χ3v) is 2.18. The zero-order chi connectivity index (χ0) is 6.27. The average Bonchev–Trinajstić information content (AvgIpc) is 2.22. The lowest BCUT2D eigenvalue weighted by atomic mass is 10.3. The Bertz CT molecular complexity index is 262. The first-order chi connectivity index (χ1) is 4.36. The van der Waals surface area contributed by atoms with Gasteiger partial charge in [-0.1, -0.05) is 0 Å². The highest BCUT2D eigenvalue weighted by atomic mass is 32.1. The SMILES string of the molecule is NC1=Cc2scnc2C1. The summed E-state index contributed by atoms with van der Waals surface area (Å²) in [5.74, 6) is 0. The van der Waals surface area contributed by atoms with Crippen LogP contribution in [-0.2, 0) is 6.42 Å². The minimum atomic E-state index is 0.846. The number of thiazole rings is 1. The molecule has 1 aromatic rings. The first-order valence-corrected chi connectivity index (χ1v) is 3.62. The Balaban J connectivity index is 2.55. The Morgan fingerprint density at radius 3 is 3.33 bits per heavy atom. The summed E-state index contributed by atoms with van der Waals surface area (Å²) in [5.41, 5.74) is 9.48. The second kappa shape index (κ2) is 1.57. The van der Waals surface area contributed by atoms with E-state index in [1.807, 2.05) is 11.6 Å². The van der Waals surface area contributed by atoms with E-state index in [2.05, 4.69) is 4.98 Å². The first kappa shape index (κ1) is 4.99. The van der Waals surface area contributed by atoms with E-state index in [4.69, 9.17) is 5.73 Å². The Labute approximate surface area is 57.0 Å². The summed E-state index contributed by atoms with van der Waals surface area (Å²) in [6.45, 7) is 0. The van der Waals surface area contributed by atoms with E-state index in [0.29, 0.717) is 0 Å². The molecule has 2 N–H and O–H groups in total. The van der Waals surface area contributed by atoms with Crippen LogP contribution in [0.25, 0.3) is 6.08 Å². The number of aromatic nitrogens is 1. The van der Waals surface area contributed by atoms with Crippen LogP contribution in [0, 0.1) is 0 Å². The maximum Gasteiger partial charge on any atom is 0.0801 e. The largest absolute Gasteiger partial charge is 0.402 e. The molecule has 0 fully saturated rings. The third kappa shape index (κ3) is 0.650. The van der Waals surface area contributed by atoms with Gasteiger partial charge < -0.3 is 5.73 Å². The summed E-state index contributed by atoms with van der Waals surface area (Å²) in [5, 5.41) is 0. The molecule has 0 unspecified atom stereocenters. The van der Waals surface area contributed by atoms with Crippen LogP contribution in [0.15, 0.2) is 11.2 Å². The second-order valence-corrected chi connectivity index (χ2v) is 2.95. The highest BCUT2D eigenvalue weighted by Gasteiger charge is 2.11. The van der Waals surface area contributed by atoms with Crippen LogP contribution in [0.5, 0.6) is 0 Å². The molecule has 1 aromatic heterocycles. The number of hydrogen-bond donors (Lipinski definition) is 1. The van der Waals surface area contributed by atoms with Gasteiger partial charge in [0.25, 0.3) is 0 Å². The number of hydrogen-bond acceptors (Lipinski definition) is 3. The fraction of sp³-hybridized carbons (Fsp3) is 0.167. The molecule has 2 nitrogen and oxygen atoms in total. The molecule has 0 radical (unpaired) electrons. The molecule has 46 valence electrons. The molecule has 0 aromatic carbocycles. The van der Waals surface area contributed by atoms with Crippen molar-refractivity contribution < 1.29 is 0 Å². The average molecular weight is 138 g/mol. The van der Waals surface area contributed by atoms with E-state index in [1.165, 1.54) is 4.88 Å². The Morgan fingerprint density at radius 2 is 2.56 bits per heavy atom. The highest BCUT2D eigenvalue weighted by molar-refractivity contribution is 7.10. The van der Waals surface area contributed by atoms with Gasteiger partial charge in [0.15, 0.2) is 0 Å². The zero-order valence-electron chi connectivity index (χ0n) is 4.79. The van der Waals surface area contributed by atoms with E-state index in [0.717, 1.165) is 17.8 Å². The molecule has 0 atom stereocenters. The van der Waals surface area contributed by atoms with E-state index in [-0.39, 0.29) is 0 Å². The molecule has 9 heavy (non-hydrogen) atoms. The van der Waals surface area contributed by atoms with Crippen LogP contribution in [0.3, 0.4) is 0 Å². The van der Waals surface area contributed by atoms with Crippen LogP contribution in [0.1, 0.15) is 10.6 Å². The van der Waals surface area contributed by atoms with Crippen molar-refractivity contribution in [1.82, 2.24) is 4.98 Å². The number of rotatable bonds is 0. The zero-order valence-corrected chi connectivity index (χ0v) is 5.61. The normalized spacial score (nSPS) is 15.3. The second-order valence-electron chi connectivity index (χ2n) is 2.06. The number of nitrogens with two attached hydrogens (primary N) is 1. The summed E-state index contributed by atoms with van der Waals surface area (Å²) in [7, 11) is 0. The molecule has 3 heteroatoms. The van der Waals surface area contributed by atoms with Crippen LogP contribution < -0.4 is 5.73 Å². The summed E-state index contributed by atoms with van der Waals surface area (Å²) >= 11 is 1.65. The lowest BCUT2D eigenvalue weighted by Gasteiger charge is -1.85. The van der Waals surface area contributed by atoms with Crippen molar-refractivity contribution in [2.24, 2.45) is 5.73 Å². The first-order valence-electron chi connectivity index (χ1n) is 2.74. The molecule has 0 amide bonds. The molecule has 0 aliphatic heterocycles. The minimum absolute atomic E-state index is 0.846. The van der Waals surface area contributed by atoms with Gasteiger partial charge >= 0.3 is 0 Å². The van der Waals surface area contributed by atoms with Crippen LogP contribution in [-0.4, -0.2) is 4.98 Å². The Morgan fingerprint density at radius 1 is 1.67 bits per heavy atom. The summed E-state index contributed by atoms with van der Waals surface area (Å²) in [4.78, 5) is 5.36. The van der Waals surface area contributed by atoms with Gasteiger partial charge in [-0.25, -0.2) is 4.98 Å². The highest BCUT2D eigenvalue weighted by Crippen LogP contribution is 2.24. The van der Waals surface area contributed by atoms with E-state index in [1.54, 1.807) is 11.3 Å². The van der Waals surface area contributed by atoms with E-state index < -0.39 is 0 Å². The molecule has 0 bridgehead atoms. The molecule has 0 spiro atoms.